The van der Waals surface area contributed by atoms with Gasteiger partial charge in [-0.05, 0) is 24.3 Å². The van der Waals surface area contributed by atoms with Crippen LogP contribution in [0.4, 0.5) is 0 Å². The Morgan fingerprint density at radius 3 is 0.762 bits per heavy atom. The molecule has 20 nitrogen and oxygen atoms in total. The summed E-state index contributed by atoms with van der Waals surface area (Å²) in [4.78, 5) is 80.8. The zero-order valence-electron chi connectivity index (χ0n) is 33.9. The zero-order valence-corrected chi connectivity index (χ0v) is 41.2. The third kappa shape index (κ3) is 39.9. The molecule has 25 heteroatoms. The number of amides is 2. The summed E-state index contributed by atoms with van der Waals surface area (Å²) < 4.78 is 2.22. The van der Waals surface area contributed by atoms with Crippen molar-refractivity contribution in [3.63, 3.8) is 0 Å². The van der Waals surface area contributed by atoms with Crippen LogP contribution in [0.1, 0.15) is 20.7 Å². The van der Waals surface area contributed by atoms with E-state index in [1.165, 1.54) is 21.9 Å². The summed E-state index contributed by atoms with van der Waals surface area (Å²) in [6.07, 6.45) is 33.1. The second kappa shape index (κ2) is 44.1. The van der Waals surface area contributed by atoms with Gasteiger partial charge in [-0.3, -0.25) is 19.2 Å². The van der Waals surface area contributed by atoms with Crippen molar-refractivity contribution in [3.8, 4) is 11.5 Å². The number of nitrogens with one attached hydrogen (secondary N) is 6. The minimum Gasteiger partial charge on any atom is -0.871 e. The normalized spacial score (nSPS) is 8.25. The SMILES string of the molecule is CN(C)C=O.CN(C)C=O.O=Cc1cc(Br)cc(Br)c1[O-].O=Cc1cc(Br)cc(Br)c1[O-].[Ni+2].c1c[nH]cn1.c1c[nH]cn1.c1c[nH]cn1.c1c[nH]cn1.c1c[nH]cn1.c1c[nH]cn1. The molecule has 6 N–H and O–H groups in total. The number of aromatic nitrogens is 12. The molecule has 6 aromatic heterocycles. The van der Waals surface area contributed by atoms with E-state index in [2.05, 4.69) is 124 Å². The summed E-state index contributed by atoms with van der Waals surface area (Å²) in [5, 5.41) is 22.1. The molecule has 6 heterocycles. The van der Waals surface area contributed by atoms with Crippen LogP contribution in [-0.2, 0) is 26.1 Å². The molecule has 0 saturated carbocycles. The van der Waals surface area contributed by atoms with E-state index in [1.54, 1.807) is 153 Å². The first-order chi connectivity index (χ1) is 29.8. The number of aromatic amines is 6. The molecule has 0 aliphatic carbocycles. The van der Waals surface area contributed by atoms with E-state index in [9.17, 15) is 29.4 Å². The van der Waals surface area contributed by atoms with Gasteiger partial charge in [0.1, 0.15) is 12.6 Å². The number of carbonyl (C=O) groups excluding carboxylic acids is 4. The number of benzene rings is 2. The predicted octanol–water partition coefficient (Wildman–Crippen LogP) is 6.06. The molecule has 8 aromatic rings. The predicted molar refractivity (Wildman–Crippen MR) is 244 cm³/mol. The molecule has 0 aliphatic rings. The van der Waals surface area contributed by atoms with Crippen LogP contribution in [0.5, 0.6) is 11.5 Å². The Labute approximate surface area is 407 Å². The minimum atomic E-state index is -0.275. The Morgan fingerprint density at radius 2 is 0.651 bits per heavy atom. The second-order valence-corrected chi connectivity index (χ2v) is 14.1. The van der Waals surface area contributed by atoms with Crippen molar-refractivity contribution >= 4 is 89.1 Å². The van der Waals surface area contributed by atoms with Crippen molar-refractivity contribution in [2.24, 2.45) is 0 Å². The van der Waals surface area contributed by atoms with Crippen LogP contribution in [0.25, 0.3) is 0 Å². The third-order valence-corrected chi connectivity index (χ3v) is 7.28. The third-order valence-electron chi connectivity index (χ3n) is 5.19. The van der Waals surface area contributed by atoms with Gasteiger partial charge < -0.3 is 49.9 Å². The van der Waals surface area contributed by atoms with Gasteiger partial charge in [-0.2, -0.15) is 0 Å². The molecular weight excluding hydrogens is 1130 g/mol. The average Bonchev–Trinajstić information content (AvgIpc) is 4.14. The van der Waals surface area contributed by atoms with Crippen LogP contribution in [0, 0.1) is 0 Å². The number of rotatable bonds is 4. The van der Waals surface area contributed by atoms with Crippen molar-refractivity contribution in [2.75, 3.05) is 28.2 Å². The summed E-state index contributed by atoms with van der Waals surface area (Å²) in [6.45, 7) is 0. The van der Waals surface area contributed by atoms with Gasteiger partial charge in [0.15, 0.2) is 0 Å². The minimum absolute atomic E-state index is 0. The Kier molecular flexibility index (Phi) is 42.9. The molecule has 0 fully saturated rings. The van der Waals surface area contributed by atoms with E-state index in [-0.39, 0.29) is 39.1 Å². The molecule has 63 heavy (non-hydrogen) atoms. The molecule has 2 aromatic carbocycles. The van der Waals surface area contributed by atoms with Crippen LogP contribution in [0.3, 0.4) is 0 Å². The molecular formula is C38H44Br4N14NiO6. The van der Waals surface area contributed by atoms with E-state index < -0.39 is 0 Å². The van der Waals surface area contributed by atoms with Crippen molar-refractivity contribution in [2.45, 2.75) is 0 Å². The van der Waals surface area contributed by atoms with E-state index in [0.29, 0.717) is 30.5 Å². The average molecular weight is 1170 g/mol. The van der Waals surface area contributed by atoms with Crippen LogP contribution in [0.15, 0.2) is 154 Å². The van der Waals surface area contributed by atoms with E-state index in [0.717, 1.165) is 12.8 Å². The molecule has 0 spiro atoms. The Hall–Kier alpha value is -6.01. The van der Waals surface area contributed by atoms with E-state index >= 15 is 0 Å². The molecule has 0 radical (unpaired) electrons. The van der Waals surface area contributed by atoms with Crippen molar-refractivity contribution < 1.29 is 45.9 Å². The van der Waals surface area contributed by atoms with Gasteiger partial charge in [0.05, 0.1) is 38.0 Å². The maximum atomic E-state index is 11.1. The van der Waals surface area contributed by atoms with Gasteiger partial charge in [0.25, 0.3) is 0 Å². The zero-order chi connectivity index (χ0) is 46.6. The summed E-state index contributed by atoms with van der Waals surface area (Å²) in [5.74, 6) is -0.550. The summed E-state index contributed by atoms with van der Waals surface area (Å²) in [6, 6.07) is 6.19. The van der Waals surface area contributed by atoms with E-state index in [1.807, 2.05) is 0 Å². The van der Waals surface area contributed by atoms with Crippen molar-refractivity contribution in [1.29, 1.82) is 0 Å². The largest absolute Gasteiger partial charge is 2.00 e. The number of hydrogen-bond donors (Lipinski definition) is 6. The molecule has 0 unspecified atom stereocenters. The number of H-pyrrole nitrogens is 6. The fourth-order valence-corrected chi connectivity index (χ4v) is 5.14. The van der Waals surface area contributed by atoms with Gasteiger partial charge in [0.2, 0.25) is 12.8 Å². The summed E-state index contributed by atoms with van der Waals surface area (Å²) in [5.41, 5.74) is 0.317. The number of hydrogen-bond acceptors (Lipinski definition) is 12. The topological polar surface area (TPSA) is 293 Å². The molecule has 340 valence electrons. The van der Waals surface area contributed by atoms with E-state index in [4.69, 9.17) is 0 Å². The molecule has 0 atom stereocenters. The standard InChI is InChI=1S/2C7H4Br2O2.6C3H4N2.2C3H7NO.Ni/c2*8-5-1-4(3-10)7(11)6(9)2-5;6*1-2-5-3-4-1;2*1-4(2)3-5;/h2*1-3,11H;6*1-3H,(H,4,5);2*3H,1-2H3;/q;;;;;;;;;;+2/p-2. The Balaban J connectivity index is -0.000000647. The van der Waals surface area contributed by atoms with Gasteiger partial charge in [-0.25, -0.2) is 29.9 Å². The molecule has 2 amide bonds. The van der Waals surface area contributed by atoms with Gasteiger partial charge >= 0.3 is 16.5 Å². The van der Waals surface area contributed by atoms with Crippen LogP contribution >= 0.6 is 63.7 Å². The first-order valence-corrected chi connectivity index (χ1v) is 20.0. The number of imidazole rings is 6. The maximum absolute atomic E-state index is 11.1. The molecule has 8 rings (SSSR count). The first kappa shape index (κ1) is 61.3. The van der Waals surface area contributed by atoms with Gasteiger partial charge in [-0.1, -0.05) is 75.2 Å². The number of aldehydes is 2. The van der Waals surface area contributed by atoms with Crippen LogP contribution in [0.2, 0.25) is 0 Å². The molecule has 0 saturated heterocycles. The van der Waals surface area contributed by atoms with Crippen LogP contribution in [-0.4, -0.2) is 123 Å². The maximum Gasteiger partial charge on any atom is 2.00 e. The molecule has 0 aliphatic heterocycles. The summed E-state index contributed by atoms with van der Waals surface area (Å²) in [7, 11) is 6.75. The number of nitrogens with zero attached hydrogens (tertiary/aromatic N) is 8. The first-order valence-electron chi connectivity index (χ1n) is 16.9. The second-order valence-electron chi connectivity index (χ2n) is 10.5. The van der Waals surface area contributed by atoms with Gasteiger partial charge in [-0.15, -0.1) is 0 Å². The van der Waals surface area contributed by atoms with Crippen molar-refractivity contribution in [1.82, 2.24) is 69.6 Å². The smallest absolute Gasteiger partial charge is 0.871 e. The van der Waals surface area contributed by atoms with Crippen LogP contribution < -0.4 is 10.2 Å². The number of carbonyl (C=O) groups is 4. The van der Waals surface area contributed by atoms with Crippen molar-refractivity contribution in [3.05, 3.63) is 166 Å². The summed E-state index contributed by atoms with van der Waals surface area (Å²) >= 11 is 12.4. The van der Waals surface area contributed by atoms with Gasteiger partial charge in [0, 0.05) is 132 Å². The fourth-order valence-electron chi connectivity index (χ4n) is 2.63. The Morgan fingerprint density at radius 1 is 0.444 bits per heavy atom. The molecule has 0 bridgehead atoms. The monoisotopic (exact) mass is 1170 g/mol. The fraction of sp³-hybridized carbons (Fsp3) is 0.105. The Bertz CT molecular complexity index is 1730. The number of halogens is 4. The quantitative estimate of drug-likeness (QED) is 0.0866.